The van der Waals surface area contributed by atoms with Gasteiger partial charge < -0.3 is 5.11 Å². The van der Waals surface area contributed by atoms with Crippen LogP contribution in [0.5, 0.6) is 0 Å². The third-order valence-corrected chi connectivity index (χ3v) is 1.41. The zero-order chi connectivity index (χ0) is 11.7. The molecule has 1 N–H and O–H groups in total. The lowest BCUT2D eigenvalue weighted by Gasteiger charge is -2.26. The quantitative estimate of drug-likeness (QED) is 0.586. The van der Waals surface area contributed by atoms with E-state index < -0.39 is 29.8 Å². The summed E-state index contributed by atoms with van der Waals surface area (Å²) in [6.45, 7) is 2.14. The van der Waals surface area contributed by atoms with E-state index in [-0.39, 0.29) is 0 Å². The highest BCUT2D eigenvalue weighted by Gasteiger charge is 2.66. The van der Waals surface area contributed by atoms with Crippen molar-refractivity contribution in [1.29, 1.82) is 0 Å². The third-order valence-electron chi connectivity index (χ3n) is 1.41. The molecule has 0 rings (SSSR count). The molecule has 0 aromatic carbocycles. The minimum absolute atomic E-state index is 2.14. The molecule has 0 saturated heterocycles. The van der Waals surface area contributed by atoms with Gasteiger partial charge in [-0.1, -0.05) is 6.58 Å². The van der Waals surface area contributed by atoms with Gasteiger partial charge in [-0.05, 0) is 0 Å². The Balaban J connectivity index is 5.34. The van der Waals surface area contributed by atoms with Crippen molar-refractivity contribution in [3.05, 3.63) is 12.2 Å². The van der Waals surface area contributed by atoms with Crippen LogP contribution in [-0.4, -0.2) is 29.3 Å². The van der Waals surface area contributed by atoms with Crippen LogP contribution in [0.4, 0.5) is 26.3 Å². The van der Waals surface area contributed by atoms with Crippen LogP contribution in [0.25, 0.3) is 0 Å². The number of hydrogen-bond acceptors (Lipinski definition) is 1. The van der Waals surface area contributed by atoms with Gasteiger partial charge >= 0.3 is 12.1 Å². The predicted molar refractivity (Wildman–Crippen MR) is 32.7 cm³/mol. The zero-order valence-corrected chi connectivity index (χ0v) is 6.41. The van der Waals surface area contributed by atoms with Gasteiger partial charge in [-0.15, -0.1) is 0 Å². The SMILES string of the molecule is C=C(C(=O)O)C(F)(C(F)F)C(F)(F)F. The number of carbonyl (C=O) groups is 1. The van der Waals surface area contributed by atoms with E-state index in [1.807, 2.05) is 0 Å². The molecule has 1 atom stereocenters. The van der Waals surface area contributed by atoms with Gasteiger partial charge in [0.25, 0.3) is 12.1 Å². The van der Waals surface area contributed by atoms with Crippen LogP contribution in [-0.2, 0) is 4.79 Å². The second kappa shape index (κ2) is 3.50. The van der Waals surface area contributed by atoms with Gasteiger partial charge in [0.05, 0.1) is 5.57 Å². The fraction of sp³-hybridized carbons (Fsp3) is 0.500. The Morgan fingerprint density at radius 2 is 1.57 bits per heavy atom. The normalized spacial score (nSPS) is 16.5. The van der Waals surface area contributed by atoms with Gasteiger partial charge in [-0.2, -0.15) is 13.2 Å². The fourth-order valence-electron chi connectivity index (χ4n) is 0.582. The highest BCUT2D eigenvalue weighted by molar-refractivity contribution is 5.88. The summed E-state index contributed by atoms with van der Waals surface area (Å²) in [5, 5.41) is 7.96. The summed E-state index contributed by atoms with van der Waals surface area (Å²) in [6.07, 6.45) is -10.6. The summed E-state index contributed by atoms with van der Waals surface area (Å²) in [7, 11) is 0. The summed E-state index contributed by atoms with van der Waals surface area (Å²) in [6, 6.07) is 0. The van der Waals surface area contributed by atoms with Crippen LogP contribution in [0.1, 0.15) is 0 Å². The summed E-state index contributed by atoms with van der Waals surface area (Å²) in [5.74, 6) is -2.47. The van der Waals surface area contributed by atoms with Crippen LogP contribution >= 0.6 is 0 Å². The van der Waals surface area contributed by atoms with Crippen LogP contribution in [0.15, 0.2) is 12.2 Å². The van der Waals surface area contributed by atoms with Crippen molar-refractivity contribution < 1.29 is 36.2 Å². The zero-order valence-electron chi connectivity index (χ0n) is 6.41. The molecule has 8 heteroatoms. The van der Waals surface area contributed by atoms with Crippen LogP contribution < -0.4 is 0 Å². The molecule has 82 valence electrons. The molecule has 0 radical (unpaired) electrons. The van der Waals surface area contributed by atoms with E-state index in [1.165, 1.54) is 0 Å². The topological polar surface area (TPSA) is 37.3 Å². The molecule has 0 saturated carbocycles. The molecule has 0 aliphatic carbocycles. The van der Waals surface area contributed by atoms with E-state index in [9.17, 15) is 31.1 Å². The number of aliphatic carboxylic acids is 1. The van der Waals surface area contributed by atoms with E-state index in [0.29, 0.717) is 0 Å². The molecule has 0 spiro atoms. The summed E-state index contributed by atoms with van der Waals surface area (Å²) < 4.78 is 71.6. The molecule has 0 bridgehead atoms. The van der Waals surface area contributed by atoms with Gasteiger partial charge in [0.15, 0.2) is 0 Å². The lowest BCUT2D eigenvalue weighted by molar-refractivity contribution is -0.252. The van der Waals surface area contributed by atoms with Gasteiger partial charge in [0.2, 0.25) is 0 Å². The molecule has 0 aromatic rings. The standard InChI is InChI=1S/C6H4F6O2/c1-2(3(13)14)5(9,4(7)8)6(10,11)12/h4H,1H2,(H,13,14). The largest absolute Gasteiger partial charge is 0.478 e. The van der Waals surface area contributed by atoms with Crippen molar-refractivity contribution in [2.24, 2.45) is 0 Å². The van der Waals surface area contributed by atoms with Crippen molar-refractivity contribution in [2.75, 3.05) is 0 Å². The Labute approximate surface area is 73.8 Å². The molecule has 0 amide bonds. The maximum absolute atomic E-state index is 12.7. The minimum Gasteiger partial charge on any atom is -0.478 e. The second-order valence-electron chi connectivity index (χ2n) is 2.29. The lowest BCUT2D eigenvalue weighted by atomic mass is 9.97. The number of rotatable bonds is 3. The van der Waals surface area contributed by atoms with E-state index in [1.54, 1.807) is 0 Å². The van der Waals surface area contributed by atoms with Gasteiger partial charge in [-0.25, -0.2) is 18.0 Å². The van der Waals surface area contributed by atoms with Crippen molar-refractivity contribution >= 4 is 5.97 Å². The van der Waals surface area contributed by atoms with Crippen molar-refractivity contribution in [3.8, 4) is 0 Å². The molecule has 0 aliphatic rings. The maximum Gasteiger partial charge on any atom is 0.432 e. The molecular formula is C6H4F6O2. The number of hydrogen-bond donors (Lipinski definition) is 1. The van der Waals surface area contributed by atoms with Gasteiger partial charge in [-0.3, -0.25) is 0 Å². The van der Waals surface area contributed by atoms with Crippen molar-refractivity contribution in [1.82, 2.24) is 0 Å². The second-order valence-corrected chi connectivity index (χ2v) is 2.29. The van der Waals surface area contributed by atoms with Gasteiger partial charge in [0, 0.05) is 0 Å². The molecule has 0 fully saturated rings. The first-order valence-corrected chi connectivity index (χ1v) is 3.01. The molecular weight excluding hydrogens is 218 g/mol. The van der Waals surface area contributed by atoms with E-state index in [0.717, 1.165) is 0 Å². The molecule has 1 unspecified atom stereocenters. The summed E-state index contributed by atoms with van der Waals surface area (Å²) in [5.41, 5.74) is -7.45. The highest BCUT2D eigenvalue weighted by atomic mass is 19.4. The van der Waals surface area contributed by atoms with E-state index >= 15 is 0 Å². The number of carboxylic acids is 1. The van der Waals surface area contributed by atoms with Crippen molar-refractivity contribution in [3.63, 3.8) is 0 Å². The number of halogens is 6. The Bertz CT molecular complexity index is 258. The summed E-state index contributed by atoms with van der Waals surface area (Å²) in [4.78, 5) is 9.92. The molecule has 0 aliphatic heterocycles. The fourth-order valence-corrected chi connectivity index (χ4v) is 0.582. The van der Waals surface area contributed by atoms with Crippen LogP contribution in [0, 0.1) is 0 Å². The summed E-state index contributed by atoms with van der Waals surface area (Å²) >= 11 is 0. The first-order valence-electron chi connectivity index (χ1n) is 3.01. The Kier molecular flexibility index (Phi) is 3.20. The molecule has 0 heterocycles. The Hall–Kier alpha value is -1.21. The van der Waals surface area contributed by atoms with E-state index in [2.05, 4.69) is 6.58 Å². The van der Waals surface area contributed by atoms with Crippen LogP contribution in [0.2, 0.25) is 0 Å². The highest BCUT2D eigenvalue weighted by Crippen LogP contribution is 2.43. The minimum atomic E-state index is -6.02. The third kappa shape index (κ3) is 1.83. The van der Waals surface area contributed by atoms with E-state index in [4.69, 9.17) is 5.11 Å². The maximum atomic E-state index is 12.7. The first-order chi connectivity index (χ1) is 6.05. The Morgan fingerprint density at radius 3 is 1.64 bits per heavy atom. The molecule has 14 heavy (non-hydrogen) atoms. The average molecular weight is 222 g/mol. The number of carboxylic acid groups (broad SMARTS) is 1. The molecule has 2 nitrogen and oxygen atoms in total. The Morgan fingerprint density at radius 1 is 1.21 bits per heavy atom. The number of alkyl halides is 6. The average Bonchev–Trinajstić information content (AvgIpc) is 1.98. The predicted octanol–water partition coefficient (Wildman–Crippen LogP) is 2.16. The molecule has 0 aromatic heterocycles. The van der Waals surface area contributed by atoms with Crippen LogP contribution in [0.3, 0.4) is 0 Å². The monoisotopic (exact) mass is 222 g/mol. The lowest BCUT2D eigenvalue weighted by Crippen LogP contribution is -2.50. The van der Waals surface area contributed by atoms with Gasteiger partial charge in [0.1, 0.15) is 0 Å². The first kappa shape index (κ1) is 12.8. The smallest absolute Gasteiger partial charge is 0.432 e. The van der Waals surface area contributed by atoms with Crippen molar-refractivity contribution in [2.45, 2.75) is 18.3 Å².